The molecule has 0 atom stereocenters. The van der Waals surface area contributed by atoms with Crippen LogP contribution in [0.25, 0.3) is 22.0 Å². The number of halogens is 3. The Bertz CT molecular complexity index is 1390. The minimum absolute atomic E-state index is 0.0378. The second-order valence-corrected chi connectivity index (χ2v) is 8.06. The fourth-order valence-corrected chi connectivity index (χ4v) is 4.43. The third-order valence-electron chi connectivity index (χ3n) is 5.63. The highest BCUT2D eigenvalue weighted by Gasteiger charge is 2.49. The normalized spacial score (nSPS) is 14.9. The molecule has 0 saturated carbocycles. The van der Waals surface area contributed by atoms with Crippen LogP contribution in [0, 0.1) is 11.6 Å². The number of carbonyl (C=O) groups excluding carboxylic acids is 1. The number of carbonyl (C=O) groups is 1. The lowest BCUT2D eigenvalue weighted by molar-refractivity contribution is -0.252. The van der Waals surface area contributed by atoms with Crippen LogP contribution in [0.3, 0.4) is 0 Å². The van der Waals surface area contributed by atoms with Gasteiger partial charge in [-0.05, 0) is 41.5 Å². The number of nitrogens with zero attached hydrogens (tertiary/aromatic N) is 3. The number of hydrogen-bond donors (Lipinski definition) is 2. The molecule has 0 radical (unpaired) electrons. The Morgan fingerprint density at radius 1 is 1.06 bits per heavy atom. The molecule has 0 fully saturated rings. The van der Waals surface area contributed by atoms with E-state index in [0.29, 0.717) is 21.5 Å². The number of hydrogen-bond acceptors (Lipinski definition) is 4. The molecule has 4 aromatic rings. The largest absolute Gasteiger partial charge is 0.345 e. The number of benzene rings is 3. The van der Waals surface area contributed by atoms with Crippen LogP contribution in [0.15, 0.2) is 54.7 Å². The van der Waals surface area contributed by atoms with Crippen molar-refractivity contribution in [2.45, 2.75) is 12.5 Å². The number of amides is 1. The van der Waals surface area contributed by atoms with Crippen molar-refractivity contribution >= 4 is 28.4 Å². The van der Waals surface area contributed by atoms with E-state index >= 15 is 8.78 Å². The van der Waals surface area contributed by atoms with Crippen molar-refractivity contribution in [2.75, 3.05) is 0 Å². The summed E-state index contributed by atoms with van der Waals surface area (Å²) < 4.78 is 31.7. The Hall–Kier alpha value is -3.33. The SMILES string of the molecule is Cn1cc2c(-c3cc(F)c(CN4C(=O)c5cccc(Cl)c5C4(O)O)c(F)c3)cccc2n1. The molecule has 1 aromatic heterocycles. The van der Waals surface area contributed by atoms with E-state index in [9.17, 15) is 15.0 Å². The number of aliphatic hydroxyl groups is 2. The average Bonchev–Trinajstić information content (AvgIpc) is 3.20. The number of aryl methyl sites for hydroxylation is 1. The molecule has 2 heterocycles. The first kappa shape index (κ1) is 20.6. The smallest absolute Gasteiger partial charge is 0.280 e. The van der Waals surface area contributed by atoms with E-state index in [-0.39, 0.29) is 16.1 Å². The van der Waals surface area contributed by atoms with E-state index in [2.05, 4.69) is 5.10 Å². The minimum atomic E-state index is -2.80. The number of aromatic nitrogens is 2. The highest BCUT2D eigenvalue weighted by atomic mass is 35.5. The maximum Gasteiger partial charge on any atom is 0.280 e. The van der Waals surface area contributed by atoms with Crippen molar-refractivity contribution in [1.29, 1.82) is 0 Å². The third kappa shape index (κ3) is 2.99. The first-order chi connectivity index (χ1) is 15.2. The molecule has 1 amide bonds. The molecule has 1 aliphatic heterocycles. The van der Waals surface area contributed by atoms with E-state index in [1.165, 1.54) is 18.2 Å². The monoisotopic (exact) mass is 455 g/mol. The zero-order valence-corrected chi connectivity index (χ0v) is 17.4. The molecule has 5 rings (SSSR count). The lowest BCUT2D eigenvalue weighted by atomic mass is 9.99. The van der Waals surface area contributed by atoms with Gasteiger partial charge in [0.1, 0.15) is 11.6 Å². The summed E-state index contributed by atoms with van der Waals surface area (Å²) in [6, 6.07) is 11.8. The van der Waals surface area contributed by atoms with Crippen molar-refractivity contribution in [3.05, 3.63) is 88.1 Å². The van der Waals surface area contributed by atoms with E-state index in [0.717, 1.165) is 17.5 Å². The molecule has 0 aliphatic carbocycles. The molecular formula is C23H16ClF2N3O3. The number of fused-ring (bicyclic) bond motifs is 2. The van der Waals surface area contributed by atoms with Gasteiger partial charge in [0.25, 0.3) is 11.8 Å². The molecule has 2 N–H and O–H groups in total. The average molecular weight is 456 g/mol. The van der Waals surface area contributed by atoms with Crippen molar-refractivity contribution in [3.8, 4) is 11.1 Å². The van der Waals surface area contributed by atoms with Gasteiger partial charge in [0.15, 0.2) is 0 Å². The van der Waals surface area contributed by atoms with Gasteiger partial charge in [0, 0.05) is 24.2 Å². The summed E-state index contributed by atoms with van der Waals surface area (Å²) in [5, 5.41) is 26.1. The van der Waals surface area contributed by atoms with Crippen LogP contribution >= 0.6 is 11.6 Å². The van der Waals surface area contributed by atoms with Gasteiger partial charge < -0.3 is 10.2 Å². The molecule has 0 saturated heterocycles. The summed E-state index contributed by atoms with van der Waals surface area (Å²) in [7, 11) is 1.75. The fourth-order valence-electron chi connectivity index (χ4n) is 4.13. The van der Waals surface area contributed by atoms with Crippen LogP contribution in [0.1, 0.15) is 21.5 Å². The molecule has 3 aromatic carbocycles. The van der Waals surface area contributed by atoms with Gasteiger partial charge in [0.2, 0.25) is 0 Å². The first-order valence-corrected chi connectivity index (χ1v) is 10.0. The van der Waals surface area contributed by atoms with Gasteiger partial charge >= 0.3 is 0 Å². The topological polar surface area (TPSA) is 78.6 Å². The van der Waals surface area contributed by atoms with Crippen LogP contribution in [-0.4, -0.2) is 30.8 Å². The quantitative estimate of drug-likeness (QED) is 0.459. The second kappa shape index (κ2) is 7.09. The van der Waals surface area contributed by atoms with E-state index < -0.39 is 35.6 Å². The Morgan fingerprint density at radius 3 is 2.41 bits per heavy atom. The predicted octanol–water partition coefficient (Wildman–Crippen LogP) is 3.92. The molecule has 162 valence electrons. The van der Waals surface area contributed by atoms with E-state index in [1.54, 1.807) is 36.1 Å². The maximum absolute atomic E-state index is 15.1. The van der Waals surface area contributed by atoms with Crippen LogP contribution in [0.4, 0.5) is 8.78 Å². The lowest BCUT2D eigenvalue weighted by Crippen LogP contribution is -2.43. The standard InChI is InChI=1S/C23H16ClF2N3O3/c1-28-10-15-13(4-3-7-20(15)27-28)12-8-18(25)16(19(26)9-12)11-29-22(30)14-5-2-6-17(24)21(14)23(29,31)32/h2-10,31-32H,11H2,1H3. The van der Waals surface area contributed by atoms with E-state index in [1.807, 2.05) is 0 Å². The molecule has 32 heavy (non-hydrogen) atoms. The maximum atomic E-state index is 15.1. The zero-order valence-electron chi connectivity index (χ0n) is 16.7. The first-order valence-electron chi connectivity index (χ1n) is 9.65. The fraction of sp³-hybridized carbons (Fsp3) is 0.130. The van der Waals surface area contributed by atoms with Gasteiger partial charge in [-0.3, -0.25) is 14.4 Å². The third-order valence-corrected chi connectivity index (χ3v) is 5.95. The zero-order chi connectivity index (χ0) is 22.8. The summed E-state index contributed by atoms with van der Waals surface area (Å²) in [5.74, 6) is -5.45. The van der Waals surface area contributed by atoms with Crippen molar-refractivity contribution in [2.24, 2.45) is 7.05 Å². The molecule has 0 unspecified atom stereocenters. The van der Waals surface area contributed by atoms with Gasteiger partial charge in [-0.2, -0.15) is 5.10 Å². The predicted molar refractivity (Wildman–Crippen MR) is 114 cm³/mol. The van der Waals surface area contributed by atoms with E-state index in [4.69, 9.17) is 11.6 Å². The Balaban J connectivity index is 1.55. The molecule has 6 nitrogen and oxygen atoms in total. The van der Waals surface area contributed by atoms with Crippen LogP contribution in [0.2, 0.25) is 5.02 Å². The summed E-state index contributed by atoms with van der Waals surface area (Å²) in [6.45, 7) is -0.702. The molecule has 0 spiro atoms. The van der Waals surface area contributed by atoms with Gasteiger partial charge in [0.05, 0.1) is 28.2 Å². The van der Waals surface area contributed by atoms with Gasteiger partial charge in [-0.1, -0.05) is 29.8 Å². The molecule has 1 aliphatic rings. The second-order valence-electron chi connectivity index (χ2n) is 7.65. The Morgan fingerprint density at radius 2 is 1.72 bits per heavy atom. The Kier molecular flexibility index (Phi) is 4.56. The van der Waals surface area contributed by atoms with Crippen LogP contribution < -0.4 is 0 Å². The minimum Gasteiger partial charge on any atom is -0.345 e. The van der Waals surface area contributed by atoms with Crippen molar-refractivity contribution < 1.29 is 23.8 Å². The van der Waals surface area contributed by atoms with Gasteiger partial charge in [-0.15, -0.1) is 0 Å². The molecule has 0 bridgehead atoms. The van der Waals surface area contributed by atoms with Crippen molar-refractivity contribution in [1.82, 2.24) is 14.7 Å². The summed E-state index contributed by atoms with van der Waals surface area (Å²) in [6.07, 6.45) is 1.75. The highest BCUT2D eigenvalue weighted by molar-refractivity contribution is 6.32. The summed E-state index contributed by atoms with van der Waals surface area (Å²) >= 11 is 6.03. The van der Waals surface area contributed by atoms with Crippen molar-refractivity contribution in [3.63, 3.8) is 0 Å². The van der Waals surface area contributed by atoms with Crippen LogP contribution in [0.5, 0.6) is 0 Å². The molecular weight excluding hydrogens is 440 g/mol. The highest BCUT2D eigenvalue weighted by Crippen LogP contribution is 2.41. The summed E-state index contributed by atoms with van der Waals surface area (Å²) in [5.41, 5.74) is 0.834. The van der Waals surface area contributed by atoms with Crippen LogP contribution in [-0.2, 0) is 19.5 Å². The summed E-state index contributed by atoms with van der Waals surface area (Å²) in [4.78, 5) is 13.3. The van der Waals surface area contributed by atoms with Gasteiger partial charge in [-0.25, -0.2) is 8.78 Å². The molecule has 9 heteroatoms. The number of rotatable bonds is 3. The lowest BCUT2D eigenvalue weighted by Gasteiger charge is -2.29. The Labute approximate surface area is 185 Å².